The fourth-order valence-electron chi connectivity index (χ4n) is 5.62. The Labute approximate surface area is 288 Å². The number of carbonyl (C=O) groups excluding carboxylic acids is 5. The zero-order valence-corrected chi connectivity index (χ0v) is 29.1. The number of hydrogen-bond acceptors (Lipinski definition) is 8. The highest BCUT2D eigenvalue weighted by molar-refractivity contribution is 6.31. The summed E-state index contributed by atoms with van der Waals surface area (Å²) in [7, 11) is 1.28. The number of unbranched alkanes of at least 4 members (excludes halogenated alkanes) is 10. The Kier molecular flexibility index (Phi) is 16.4. The lowest BCUT2D eigenvalue weighted by Crippen LogP contribution is -2.52. The smallest absolute Gasteiger partial charge is 0.418 e. The third-order valence-electron chi connectivity index (χ3n) is 8.34. The van der Waals surface area contributed by atoms with Crippen LogP contribution in [0.1, 0.15) is 114 Å². The number of benzene rings is 2. The molecule has 0 saturated carbocycles. The number of Topliss-reactive ketones (excluding diaryl/α,β-unsaturated/α-hetero) is 1. The predicted octanol–water partition coefficient (Wildman–Crippen LogP) is 8.30. The maximum atomic E-state index is 13.9. The molecule has 1 N–H and O–H groups in total. The van der Waals surface area contributed by atoms with Crippen LogP contribution in [0.5, 0.6) is 5.75 Å². The van der Waals surface area contributed by atoms with E-state index < -0.39 is 47.9 Å². The largest absolute Gasteiger partial charge is 0.477 e. The summed E-state index contributed by atoms with van der Waals surface area (Å²) >= 11 is 6.28. The normalized spacial score (nSPS) is 15.5. The number of imide groups is 1. The Morgan fingerprint density at radius 2 is 1.50 bits per heavy atom. The van der Waals surface area contributed by atoms with Gasteiger partial charge in [-0.25, -0.2) is 14.5 Å². The van der Waals surface area contributed by atoms with Crippen LogP contribution in [0.25, 0.3) is 0 Å². The van der Waals surface area contributed by atoms with Gasteiger partial charge in [-0.15, -0.1) is 0 Å². The van der Waals surface area contributed by atoms with Crippen LogP contribution in [0.3, 0.4) is 0 Å². The number of hydrogen-bond donors (Lipinski definition) is 1. The monoisotopic (exact) mass is 684 g/mol. The van der Waals surface area contributed by atoms with E-state index in [2.05, 4.69) is 12.2 Å². The number of carbonyl (C=O) groups is 5. The van der Waals surface area contributed by atoms with Crippen LogP contribution in [0.2, 0.25) is 5.02 Å². The zero-order chi connectivity index (χ0) is 34.9. The molecule has 2 aromatic rings. The first kappa shape index (κ1) is 38.5. The number of esters is 1. The second kappa shape index (κ2) is 20.4. The summed E-state index contributed by atoms with van der Waals surface area (Å²) in [6.07, 6.45) is 10.3. The van der Waals surface area contributed by atoms with Crippen LogP contribution in [0.4, 0.5) is 10.5 Å². The summed E-state index contributed by atoms with van der Waals surface area (Å²) in [5.41, 5.74) is 0.179. The number of halogens is 1. The third-order valence-corrected chi connectivity index (χ3v) is 8.57. The van der Waals surface area contributed by atoms with E-state index in [4.69, 9.17) is 25.8 Å². The highest BCUT2D eigenvalue weighted by Crippen LogP contribution is 2.31. The number of amides is 3. The molecule has 1 heterocycles. The van der Waals surface area contributed by atoms with Gasteiger partial charge < -0.3 is 19.5 Å². The average molecular weight is 685 g/mol. The summed E-state index contributed by atoms with van der Waals surface area (Å²) in [5, 5.41) is 2.87. The summed E-state index contributed by atoms with van der Waals surface area (Å²) in [6.45, 7) is 4.14. The molecule has 1 saturated heterocycles. The first-order chi connectivity index (χ1) is 23.2. The zero-order valence-electron chi connectivity index (χ0n) is 28.3. The van der Waals surface area contributed by atoms with Gasteiger partial charge in [0.25, 0.3) is 11.8 Å². The molecule has 2 aromatic carbocycles. The van der Waals surface area contributed by atoms with Crippen molar-refractivity contribution in [1.29, 1.82) is 0 Å². The Balaban J connectivity index is 1.76. The van der Waals surface area contributed by atoms with Crippen molar-refractivity contribution in [3.63, 3.8) is 0 Å². The molecule has 0 spiro atoms. The molecule has 1 aliphatic rings. The van der Waals surface area contributed by atoms with Crippen molar-refractivity contribution in [2.24, 2.45) is 0 Å². The van der Waals surface area contributed by atoms with Gasteiger partial charge in [0.2, 0.25) is 0 Å². The maximum absolute atomic E-state index is 13.9. The van der Waals surface area contributed by atoms with Crippen molar-refractivity contribution in [1.82, 2.24) is 4.90 Å². The van der Waals surface area contributed by atoms with Gasteiger partial charge in [-0.3, -0.25) is 14.4 Å². The van der Waals surface area contributed by atoms with Crippen LogP contribution in [0, 0.1) is 0 Å². The van der Waals surface area contributed by atoms with Crippen LogP contribution < -0.4 is 10.1 Å². The number of anilines is 1. The second-order valence-electron chi connectivity index (χ2n) is 12.1. The van der Waals surface area contributed by atoms with Crippen LogP contribution in [0.15, 0.2) is 48.5 Å². The fourth-order valence-corrected chi connectivity index (χ4v) is 5.80. The van der Waals surface area contributed by atoms with E-state index in [1.807, 2.05) is 6.92 Å². The number of nitrogens with one attached hydrogen (secondary N) is 1. The molecule has 3 atom stereocenters. The summed E-state index contributed by atoms with van der Waals surface area (Å²) in [6, 6.07) is 10.5. The fraction of sp³-hybridized carbons (Fsp3) is 0.541. The van der Waals surface area contributed by atoms with Crippen molar-refractivity contribution in [2.75, 3.05) is 12.4 Å². The number of ether oxygens (including phenoxy) is 3. The molecule has 0 radical (unpaired) electrons. The van der Waals surface area contributed by atoms with Crippen molar-refractivity contribution in [2.45, 2.75) is 122 Å². The van der Waals surface area contributed by atoms with E-state index in [9.17, 15) is 24.0 Å². The van der Waals surface area contributed by atoms with Crippen LogP contribution >= 0.6 is 11.6 Å². The number of ketones is 1. The van der Waals surface area contributed by atoms with Gasteiger partial charge in [-0.05, 0) is 43.9 Å². The quantitative estimate of drug-likeness (QED) is 0.0568. The molecule has 3 unspecified atom stereocenters. The molecule has 1 fully saturated rings. The lowest BCUT2D eigenvalue weighted by molar-refractivity contribution is -0.149. The molecule has 48 heavy (non-hydrogen) atoms. The number of rotatable bonds is 22. The molecular formula is C37H49ClN2O8. The maximum Gasteiger partial charge on any atom is 0.418 e. The summed E-state index contributed by atoms with van der Waals surface area (Å²) in [5.74, 6) is -2.96. The molecular weight excluding hydrogens is 636 g/mol. The average Bonchev–Trinajstić information content (AvgIpc) is 3.36. The van der Waals surface area contributed by atoms with Crippen molar-refractivity contribution < 1.29 is 38.2 Å². The second-order valence-corrected chi connectivity index (χ2v) is 12.5. The summed E-state index contributed by atoms with van der Waals surface area (Å²) < 4.78 is 16.4. The Hall–Kier alpha value is -3.92. The lowest BCUT2D eigenvalue weighted by atomic mass is 10.0. The third kappa shape index (κ3) is 11.4. The first-order valence-corrected chi connectivity index (χ1v) is 17.6. The standard InChI is InChI=1S/C37H49ClN2O8/c1-4-6-8-9-10-11-12-13-14-18-22-31(36(44)46-3)47-29-24-23-27(38)25-28(29)39-34(42)32(33(41)26-19-16-15-17-20-26)40-35(43)30(21-7-5-2)48-37(40)45/h15-17,19-20,23-25,30-32H,4-14,18,21-22H2,1-3H3,(H,39,42). The molecule has 3 amide bonds. The van der Waals surface area contributed by atoms with Crippen LogP contribution in [-0.4, -0.2) is 59.9 Å². The number of methoxy groups -OCH3 is 1. The number of nitrogens with zero attached hydrogens (tertiary/aromatic N) is 1. The minimum absolute atomic E-state index is 0.0536. The van der Waals surface area contributed by atoms with E-state index in [-0.39, 0.29) is 28.4 Å². The highest BCUT2D eigenvalue weighted by atomic mass is 35.5. The van der Waals surface area contributed by atoms with E-state index in [0.29, 0.717) is 17.7 Å². The topological polar surface area (TPSA) is 128 Å². The minimum atomic E-state index is -1.87. The molecule has 0 aliphatic carbocycles. The van der Waals surface area contributed by atoms with E-state index in [1.54, 1.807) is 18.2 Å². The lowest BCUT2D eigenvalue weighted by Gasteiger charge is -2.24. The molecule has 0 bridgehead atoms. The number of cyclic esters (lactones) is 1. The van der Waals surface area contributed by atoms with Crippen molar-refractivity contribution in [3.8, 4) is 5.75 Å². The first-order valence-electron chi connectivity index (χ1n) is 17.2. The van der Waals surface area contributed by atoms with E-state index in [0.717, 1.165) is 32.1 Å². The van der Waals surface area contributed by atoms with Gasteiger partial charge in [0, 0.05) is 10.6 Å². The van der Waals surface area contributed by atoms with E-state index >= 15 is 0 Å². The van der Waals surface area contributed by atoms with Gasteiger partial charge >= 0.3 is 12.1 Å². The molecule has 1 aliphatic heterocycles. The Morgan fingerprint density at radius 1 is 0.875 bits per heavy atom. The van der Waals surface area contributed by atoms with Gasteiger partial charge in [0.05, 0.1) is 12.8 Å². The van der Waals surface area contributed by atoms with Gasteiger partial charge in [-0.1, -0.05) is 120 Å². The van der Waals surface area contributed by atoms with Gasteiger partial charge in [0.1, 0.15) is 5.75 Å². The Morgan fingerprint density at radius 3 is 2.12 bits per heavy atom. The molecule has 10 nitrogen and oxygen atoms in total. The van der Waals surface area contributed by atoms with Gasteiger partial charge in [0.15, 0.2) is 24.0 Å². The molecule has 262 valence electrons. The van der Waals surface area contributed by atoms with Gasteiger partial charge in [-0.2, -0.15) is 0 Å². The minimum Gasteiger partial charge on any atom is -0.477 e. The van der Waals surface area contributed by atoms with Crippen LogP contribution in [-0.2, 0) is 23.9 Å². The Bertz CT molecular complexity index is 1370. The van der Waals surface area contributed by atoms with E-state index in [1.165, 1.54) is 76.0 Å². The van der Waals surface area contributed by atoms with Crippen molar-refractivity contribution >= 4 is 46.9 Å². The molecule has 11 heteroatoms. The summed E-state index contributed by atoms with van der Waals surface area (Å²) in [4.78, 5) is 67.2. The van der Waals surface area contributed by atoms with Crippen molar-refractivity contribution in [3.05, 3.63) is 59.1 Å². The SMILES string of the molecule is CCCCCCCCCCCCC(Oc1ccc(Cl)cc1NC(=O)C(C(=O)c1ccccc1)N1C(=O)OC(CCCC)C1=O)C(=O)OC. The molecule has 3 rings (SSSR count). The highest BCUT2D eigenvalue weighted by Gasteiger charge is 2.49. The predicted molar refractivity (Wildman–Crippen MR) is 184 cm³/mol. The molecule has 0 aromatic heterocycles.